The van der Waals surface area contributed by atoms with E-state index in [0.29, 0.717) is 18.8 Å². The number of aromatic nitrogens is 2. The summed E-state index contributed by atoms with van der Waals surface area (Å²) in [5, 5.41) is 0. The zero-order valence-corrected chi connectivity index (χ0v) is 12.3. The van der Waals surface area contributed by atoms with Crippen molar-refractivity contribution in [3.8, 4) is 0 Å². The highest BCUT2D eigenvalue weighted by molar-refractivity contribution is 5.93. The number of fused-ring (bicyclic) bond motifs is 1. The van der Waals surface area contributed by atoms with Crippen LogP contribution in [0.3, 0.4) is 0 Å². The molecule has 1 aliphatic rings. The summed E-state index contributed by atoms with van der Waals surface area (Å²) in [5.74, 6) is -0.119. The zero-order valence-electron chi connectivity index (χ0n) is 12.3. The van der Waals surface area contributed by atoms with E-state index in [1.165, 1.54) is 4.57 Å². The molecule has 2 aromatic heterocycles. The van der Waals surface area contributed by atoms with E-state index >= 15 is 0 Å². The highest BCUT2D eigenvalue weighted by Crippen LogP contribution is 2.19. The number of imidazole rings is 1. The monoisotopic (exact) mass is 289 g/mol. The van der Waals surface area contributed by atoms with Gasteiger partial charge in [-0.25, -0.2) is 4.79 Å². The van der Waals surface area contributed by atoms with Crippen LogP contribution in [0.4, 0.5) is 0 Å². The fourth-order valence-electron chi connectivity index (χ4n) is 2.94. The minimum absolute atomic E-state index is 0.0928. The Kier molecular flexibility index (Phi) is 3.45. The Balaban J connectivity index is 1.93. The first-order chi connectivity index (χ1) is 10.1. The van der Waals surface area contributed by atoms with Crippen molar-refractivity contribution in [2.75, 3.05) is 7.05 Å². The fourth-order valence-corrected chi connectivity index (χ4v) is 2.94. The van der Waals surface area contributed by atoms with Gasteiger partial charge in [-0.15, -0.1) is 0 Å². The number of nitrogens with zero attached hydrogens (tertiary/aromatic N) is 3. The second kappa shape index (κ2) is 5.27. The Labute approximate surface area is 122 Å². The van der Waals surface area contributed by atoms with E-state index in [1.54, 1.807) is 36.1 Å². The third-order valence-electron chi connectivity index (χ3n) is 4.05. The van der Waals surface area contributed by atoms with Crippen molar-refractivity contribution in [2.24, 2.45) is 7.05 Å². The summed E-state index contributed by atoms with van der Waals surface area (Å²) >= 11 is 0. The van der Waals surface area contributed by atoms with Crippen molar-refractivity contribution in [3.63, 3.8) is 0 Å². The van der Waals surface area contributed by atoms with E-state index in [4.69, 9.17) is 4.42 Å². The van der Waals surface area contributed by atoms with Gasteiger partial charge in [-0.3, -0.25) is 13.9 Å². The van der Waals surface area contributed by atoms with Crippen LogP contribution in [0.2, 0.25) is 0 Å². The third kappa shape index (κ3) is 2.30. The lowest BCUT2D eigenvalue weighted by atomic mass is 10.1. The molecule has 0 spiro atoms. The van der Waals surface area contributed by atoms with E-state index in [1.807, 2.05) is 6.07 Å². The van der Waals surface area contributed by atoms with Gasteiger partial charge in [-0.1, -0.05) is 0 Å². The molecule has 3 rings (SSSR count). The van der Waals surface area contributed by atoms with Crippen molar-refractivity contribution in [2.45, 2.75) is 32.4 Å². The van der Waals surface area contributed by atoms with Gasteiger partial charge in [0.1, 0.15) is 5.69 Å². The predicted molar refractivity (Wildman–Crippen MR) is 77.1 cm³/mol. The molecule has 0 saturated heterocycles. The molecule has 1 amide bonds. The van der Waals surface area contributed by atoms with Gasteiger partial charge in [0.15, 0.2) is 0 Å². The third-order valence-corrected chi connectivity index (χ3v) is 4.05. The first kappa shape index (κ1) is 13.7. The molecule has 0 N–H and O–H groups in total. The first-order valence-corrected chi connectivity index (χ1v) is 7.14. The Morgan fingerprint density at radius 2 is 2.24 bits per heavy atom. The van der Waals surface area contributed by atoms with Gasteiger partial charge in [-0.2, -0.15) is 0 Å². The number of carbonyl (C=O) groups is 1. The topological polar surface area (TPSA) is 60.4 Å². The standard InChI is InChI=1S/C15H19N3O3/c1-16(9-11-6-8-21-10-11)14(19)13-12-5-3-4-7-18(12)15(20)17(13)2/h6,8,10H,3-5,7,9H2,1-2H3. The lowest BCUT2D eigenvalue weighted by molar-refractivity contribution is 0.0773. The summed E-state index contributed by atoms with van der Waals surface area (Å²) in [4.78, 5) is 26.5. The van der Waals surface area contributed by atoms with Gasteiger partial charge in [0.05, 0.1) is 18.2 Å². The number of hydrogen-bond donors (Lipinski definition) is 0. The zero-order chi connectivity index (χ0) is 15.0. The molecule has 0 saturated carbocycles. The van der Waals surface area contributed by atoms with E-state index in [2.05, 4.69) is 0 Å². The van der Waals surface area contributed by atoms with Crippen molar-refractivity contribution >= 4 is 5.91 Å². The molecule has 2 aromatic rings. The van der Waals surface area contributed by atoms with Crippen LogP contribution in [0, 0.1) is 0 Å². The van der Waals surface area contributed by atoms with Gasteiger partial charge >= 0.3 is 5.69 Å². The van der Waals surface area contributed by atoms with Gasteiger partial charge in [0, 0.05) is 32.7 Å². The molecule has 0 atom stereocenters. The highest BCUT2D eigenvalue weighted by atomic mass is 16.3. The number of hydrogen-bond acceptors (Lipinski definition) is 3. The summed E-state index contributed by atoms with van der Waals surface area (Å²) in [7, 11) is 3.42. The molecule has 0 fully saturated rings. The molecule has 0 aliphatic carbocycles. The lowest BCUT2D eigenvalue weighted by Crippen LogP contribution is -2.30. The molecule has 21 heavy (non-hydrogen) atoms. The van der Waals surface area contributed by atoms with E-state index in [-0.39, 0.29) is 11.6 Å². The van der Waals surface area contributed by atoms with E-state index in [9.17, 15) is 9.59 Å². The maximum Gasteiger partial charge on any atom is 0.328 e. The molecule has 0 bridgehead atoms. The fraction of sp³-hybridized carbons (Fsp3) is 0.467. The second-order valence-corrected chi connectivity index (χ2v) is 5.54. The maximum absolute atomic E-state index is 12.7. The van der Waals surface area contributed by atoms with E-state index in [0.717, 1.165) is 30.5 Å². The highest BCUT2D eigenvalue weighted by Gasteiger charge is 2.27. The smallest absolute Gasteiger partial charge is 0.328 e. The minimum atomic E-state index is -0.119. The number of carbonyl (C=O) groups excluding carboxylic acids is 1. The van der Waals surface area contributed by atoms with Crippen LogP contribution in [0.15, 0.2) is 27.8 Å². The molecule has 6 nitrogen and oxygen atoms in total. The Morgan fingerprint density at radius 1 is 1.43 bits per heavy atom. The quantitative estimate of drug-likeness (QED) is 0.858. The maximum atomic E-state index is 12.7. The van der Waals surface area contributed by atoms with Gasteiger partial charge in [-0.05, 0) is 25.3 Å². The Morgan fingerprint density at radius 3 is 2.95 bits per heavy atom. The molecular formula is C15H19N3O3. The van der Waals surface area contributed by atoms with Crippen LogP contribution in [-0.2, 0) is 26.6 Å². The minimum Gasteiger partial charge on any atom is -0.472 e. The van der Waals surface area contributed by atoms with Crippen molar-refractivity contribution < 1.29 is 9.21 Å². The normalized spacial score (nSPS) is 14.0. The van der Waals surface area contributed by atoms with Crippen molar-refractivity contribution in [3.05, 3.63) is 46.0 Å². The summed E-state index contributed by atoms with van der Waals surface area (Å²) < 4.78 is 8.24. The van der Waals surface area contributed by atoms with Crippen LogP contribution in [0.25, 0.3) is 0 Å². The molecule has 0 aromatic carbocycles. The number of furan rings is 1. The molecule has 3 heterocycles. The predicted octanol–water partition coefficient (Wildman–Crippen LogP) is 1.39. The van der Waals surface area contributed by atoms with Gasteiger partial charge in [0.2, 0.25) is 0 Å². The summed E-state index contributed by atoms with van der Waals surface area (Å²) in [6, 6.07) is 1.83. The second-order valence-electron chi connectivity index (χ2n) is 5.54. The summed E-state index contributed by atoms with van der Waals surface area (Å²) in [6.07, 6.45) is 6.02. The average Bonchev–Trinajstić information content (AvgIpc) is 3.07. The summed E-state index contributed by atoms with van der Waals surface area (Å²) in [5.41, 5.74) is 2.23. The van der Waals surface area contributed by atoms with Crippen LogP contribution >= 0.6 is 0 Å². The van der Waals surface area contributed by atoms with E-state index < -0.39 is 0 Å². The van der Waals surface area contributed by atoms with Crippen LogP contribution in [-0.4, -0.2) is 27.0 Å². The number of rotatable bonds is 3. The largest absolute Gasteiger partial charge is 0.472 e. The molecule has 6 heteroatoms. The first-order valence-electron chi connectivity index (χ1n) is 7.14. The molecular weight excluding hydrogens is 270 g/mol. The molecule has 0 unspecified atom stereocenters. The van der Waals surface area contributed by atoms with Crippen LogP contribution in [0.1, 0.15) is 34.6 Å². The molecule has 0 radical (unpaired) electrons. The van der Waals surface area contributed by atoms with Gasteiger partial charge < -0.3 is 9.32 Å². The Hall–Kier alpha value is -2.24. The molecule has 112 valence electrons. The van der Waals surface area contributed by atoms with Crippen molar-refractivity contribution in [1.29, 1.82) is 0 Å². The van der Waals surface area contributed by atoms with Crippen LogP contribution in [0.5, 0.6) is 0 Å². The lowest BCUT2D eigenvalue weighted by Gasteiger charge is -2.19. The summed E-state index contributed by atoms with van der Waals surface area (Å²) in [6.45, 7) is 1.18. The van der Waals surface area contributed by atoms with Gasteiger partial charge in [0.25, 0.3) is 5.91 Å². The number of amides is 1. The van der Waals surface area contributed by atoms with Crippen molar-refractivity contribution in [1.82, 2.24) is 14.0 Å². The molecule has 1 aliphatic heterocycles. The average molecular weight is 289 g/mol. The SMILES string of the molecule is CN(Cc1ccoc1)C(=O)c1c2n(c(=O)n1C)CCCC2. The van der Waals surface area contributed by atoms with Crippen LogP contribution < -0.4 is 5.69 Å². The Bertz CT molecular complexity index is 709.